The molecule has 1 aliphatic rings. The topological polar surface area (TPSA) is 43.8 Å². The Hall–Kier alpha value is -0.610. The van der Waals surface area contributed by atoms with Crippen LogP contribution in [0.3, 0.4) is 0 Å². The zero-order chi connectivity index (χ0) is 13.9. The van der Waals surface area contributed by atoms with Crippen LogP contribution in [0.15, 0.2) is 0 Å². The van der Waals surface area contributed by atoms with Gasteiger partial charge in [-0.25, -0.2) is 0 Å². The maximum absolute atomic E-state index is 11.3. The molecule has 0 bridgehead atoms. The van der Waals surface area contributed by atoms with Crippen molar-refractivity contribution in [3.8, 4) is 0 Å². The summed E-state index contributed by atoms with van der Waals surface area (Å²) in [6.07, 6.45) is 1.69. The van der Waals surface area contributed by atoms with Gasteiger partial charge < -0.3 is 5.11 Å². The van der Waals surface area contributed by atoms with Crippen molar-refractivity contribution in [2.24, 2.45) is 0 Å². The molecule has 4 nitrogen and oxygen atoms in total. The molecular weight excluding hydrogens is 228 g/mol. The van der Waals surface area contributed by atoms with Gasteiger partial charge in [0.1, 0.15) is 6.04 Å². The van der Waals surface area contributed by atoms with Gasteiger partial charge >= 0.3 is 5.97 Å². The van der Waals surface area contributed by atoms with Crippen LogP contribution in [0.1, 0.15) is 47.5 Å². The number of carbonyl (C=O) groups is 1. The van der Waals surface area contributed by atoms with Crippen molar-refractivity contribution in [3.63, 3.8) is 0 Å². The van der Waals surface area contributed by atoms with E-state index in [0.717, 1.165) is 26.1 Å². The summed E-state index contributed by atoms with van der Waals surface area (Å²) in [7, 11) is 0. The number of rotatable bonds is 6. The van der Waals surface area contributed by atoms with Crippen molar-refractivity contribution in [1.82, 2.24) is 9.80 Å². The highest BCUT2D eigenvalue weighted by molar-refractivity contribution is 5.73. The largest absolute Gasteiger partial charge is 0.480 e. The summed E-state index contributed by atoms with van der Waals surface area (Å²) in [6, 6.07) is 0.0855. The molecule has 1 unspecified atom stereocenters. The molecule has 0 spiro atoms. The molecule has 1 fully saturated rings. The van der Waals surface area contributed by atoms with Crippen molar-refractivity contribution in [2.75, 3.05) is 19.6 Å². The van der Waals surface area contributed by atoms with E-state index in [1.807, 2.05) is 6.92 Å². The normalized spacial score (nSPS) is 19.9. The van der Waals surface area contributed by atoms with Crippen molar-refractivity contribution >= 4 is 5.97 Å². The van der Waals surface area contributed by atoms with Crippen molar-refractivity contribution in [3.05, 3.63) is 0 Å². The molecule has 1 atom stereocenters. The molecule has 0 radical (unpaired) electrons. The molecule has 0 saturated carbocycles. The van der Waals surface area contributed by atoms with E-state index < -0.39 is 5.97 Å². The van der Waals surface area contributed by atoms with Crippen molar-refractivity contribution < 1.29 is 9.90 Å². The lowest BCUT2D eigenvalue weighted by molar-refractivity contribution is -0.147. The first kappa shape index (κ1) is 15.4. The summed E-state index contributed by atoms with van der Waals surface area (Å²) < 4.78 is 0. The molecule has 1 heterocycles. The van der Waals surface area contributed by atoms with Gasteiger partial charge in [0.15, 0.2) is 0 Å². The maximum atomic E-state index is 11.3. The Kier molecular flexibility index (Phi) is 5.17. The molecule has 1 saturated heterocycles. The Morgan fingerprint density at radius 1 is 1.39 bits per heavy atom. The maximum Gasteiger partial charge on any atom is 0.320 e. The summed E-state index contributed by atoms with van der Waals surface area (Å²) in [5.74, 6) is -0.680. The third-order valence-electron chi connectivity index (χ3n) is 3.83. The number of likely N-dealkylation sites (tertiary alicyclic amines) is 1. The minimum atomic E-state index is -0.680. The SMILES string of the molecule is CCCN(C1CN(C(C)(C)C)C1)C(CC)C(=O)O. The zero-order valence-electron chi connectivity index (χ0n) is 12.4. The van der Waals surface area contributed by atoms with Crippen LogP contribution in [0.25, 0.3) is 0 Å². The monoisotopic (exact) mass is 256 g/mol. The highest BCUT2D eigenvalue weighted by Gasteiger charge is 2.40. The van der Waals surface area contributed by atoms with Crippen LogP contribution in [0.4, 0.5) is 0 Å². The predicted molar refractivity (Wildman–Crippen MR) is 73.8 cm³/mol. The van der Waals surface area contributed by atoms with Gasteiger partial charge in [-0.05, 0) is 40.2 Å². The lowest BCUT2D eigenvalue weighted by Crippen LogP contribution is -2.66. The predicted octanol–water partition coefficient (Wildman–Crippen LogP) is 2.04. The second kappa shape index (κ2) is 6.02. The highest BCUT2D eigenvalue weighted by atomic mass is 16.4. The second-order valence-corrected chi connectivity index (χ2v) is 6.23. The van der Waals surface area contributed by atoms with E-state index in [1.54, 1.807) is 0 Å². The average molecular weight is 256 g/mol. The molecule has 4 heteroatoms. The molecule has 106 valence electrons. The third kappa shape index (κ3) is 3.45. The first-order chi connectivity index (χ1) is 8.31. The summed E-state index contributed by atoms with van der Waals surface area (Å²) in [4.78, 5) is 15.9. The van der Waals surface area contributed by atoms with Gasteiger partial charge in [0, 0.05) is 24.7 Å². The Labute approximate surface area is 111 Å². The van der Waals surface area contributed by atoms with E-state index in [9.17, 15) is 9.90 Å². The number of carboxylic acids is 1. The average Bonchev–Trinajstić information content (AvgIpc) is 2.13. The molecule has 0 aromatic carbocycles. The van der Waals surface area contributed by atoms with Gasteiger partial charge in [-0.15, -0.1) is 0 Å². The zero-order valence-corrected chi connectivity index (χ0v) is 12.4. The summed E-state index contributed by atoms with van der Waals surface area (Å²) in [5.41, 5.74) is 0.194. The van der Waals surface area contributed by atoms with Crippen LogP contribution in [0, 0.1) is 0 Å². The summed E-state index contributed by atoms with van der Waals surface area (Å²) in [5, 5.41) is 9.31. The van der Waals surface area contributed by atoms with Crippen LogP contribution >= 0.6 is 0 Å². The van der Waals surface area contributed by atoms with E-state index in [0.29, 0.717) is 12.5 Å². The van der Waals surface area contributed by atoms with Gasteiger partial charge in [0.2, 0.25) is 0 Å². The third-order valence-corrected chi connectivity index (χ3v) is 3.83. The molecule has 0 amide bonds. The number of nitrogens with zero attached hydrogens (tertiary/aromatic N) is 2. The molecule has 0 aromatic rings. The van der Waals surface area contributed by atoms with Crippen molar-refractivity contribution in [2.45, 2.75) is 65.1 Å². The number of aliphatic carboxylic acids is 1. The Balaban J connectivity index is 2.63. The standard InChI is InChI=1S/C14H28N2O2/c1-6-8-16(12(7-2)13(17)18)11-9-15(10-11)14(3,4)5/h11-12H,6-10H2,1-5H3,(H,17,18). The van der Waals surface area contributed by atoms with E-state index in [4.69, 9.17) is 0 Å². The van der Waals surface area contributed by atoms with Crippen LogP contribution in [-0.4, -0.2) is 58.1 Å². The fourth-order valence-corrected chi connectivity index (χ4v) is 2.61. The highest BCUT2D eigenvalue weighted by Crippen LogP contribution is 2.26. The van der Waals surface area contributed by atoms with E-state index >= 15 is 0 Å². The van der Waals surface area contributed by atoms with Crippen LogP contribution in [-0.2, 0) is 4.79 Å². The molecule has 18 heavy (non-hydrogen) atoms. The lowest BCUT2D eigenvalue weighted by Gasteiger charge is -2.52. The number of carboxylic acid groups (broad SMARTS) is 1. The van der Waals surface area contributed by atoms with E-state index in [2.05, 4.69) is 37.5 Å². The Bertz CT molecular complexity index is 280. The van der Waals surface area contributed by atoms with Gasteiger partial charge in [-0.1, -0.05) is 13.8 Å². The quantitative estimate of drug-likeness (QED) is 0.790. The van der Waals surface area contributed by atoms with Crippen LogP contribution in [0.2, 0.25) is 0 Å². The fourth-order valence-electron chi connectivity index (χ4n) is 2.61. The van der Waals surface area contributed by atoms with Crippen LogP contribution in [0.5, 0.6) is 0 Å². The van der Waals surface area contributed by atoms with Gasteiger partial charge in [-0.2, -0.15) is 0 Å². The minimum Gasteiger partial charge on any atom is -0.480 e. The molecule has 1 N–H and O–H groups in total. The first-order valence-electron chi connectivity index (χ1n) is 7.04. The minimum absolute atomic E-state index is 0.194. The summed E-state index contributed by atoms with van der Waals surface area (Å²) in [6.45, 7) is 13.6. The molecule has 1 rings (SSSR count). The second-order valence-electron chi connectivity index (χ2n) is 6.23. The van der Waals surface area contributed by atoms with Gasteiger partial charge in [0.05, 0.1) is 0 Å². The van der Waals surface area contributed by atoms with Crippen LogP contribution < -0.4 is 0 Å². The van der Waals surface area contributed by atoms with E-state index in [1.165, 1.54) is 0 Å². The lowest BCUT2D eigenvalue weighted by atomic mass is 9.95. The Morgan fingerprint density at radius 2 is 1.94 bits per heavy atom. The molecule has 0 aromatic heterocycles. The van der Waals surface area contributed by atoms with E-state index in [-0.39, 0.29) is 11.6 Å². The first-order valence-corrected chi connectivity index (χ1v) is 7.04. The van der Waals surface area contributed by atoms with Gasteiger partial charge in [-0.3, -0.25) is 14.6 Å². The van der Waals surface area contributed by atoms with Gasteiger partial charge in [0.25, 0.3) is 0 Å². The fraction of sp³-hybridized carbons (Fsp3) is 0.929. The molecule has 0 aliphatic carbocycles. The molecular formula is C14H28N2O2. The molecule has 1 aliphatic heterocycles. The Morgan fingerprint density at radius 3 is 2.28 bits per heavy atom. The summed E-state index contributed by atoms with van der Waals surface area (Å²) >= 11 is 0. The smallest absolute Gasteiger partial charge is 0.320 e. The number of hydrogen-bond acceptors (Lipinski definition) is 3. The number of hydrogen-bond donors (Lipinski definition) is 1. The van der Waals surface area contributed by atoms with Crippen molar-refractivity contribution in [1.29, 1.82) is 0 Å².